The van der Waals surface area contributed by atoms with Crippen LogP contribution in [0.2, 0.25) is 5.02 Å². The maximum absolute atomic E-state index is 11.8. The molecular weight excluding hydrogens is 342 g/mol. The van der Waals surface area contributed by atoms with Crippen molar-refractivity contribution in [2.45, 2.75) is 20.3 Å². The van der Waals surface area contributed by atoms with Gasteiger partial charge in [0.2, 0.25) is 5.91 Å². The van der Waals surface area contributed by atoms with Crippen LogP contribution in [0.5, 0.6) is 11.5 Å². The van der Waals surface area contributed by atoms with Crippen molar-refractivity contribution in [3.05, 3.63) is 35.5 Å². The number of methoxy groups -OCH3 is 2. The zero-order chi connectivity index (χ0) is 18.4. The highest BCUT2D eigenvalue weighted by Crippen LogP contribution is 2.37. The fourth-order valence-corrected chi connectivity index (χ4v) is 2.45. The van der Waals surface area contributed by atoms with Crippen molar-refractivity contribution in [1.82, 2.24) is 4.98 Å². The molecule has 2 N–H and O–H groups in total. The van der Waals surface area contributed by atoms with Gasteiger partial charge in [0.1, 0.15) is 17.3 Å². The van der Waals surface area contributed by atoms with E-state index in [1.54, 1.807) is 44.7 Å². The number of nitrogens with zero attached hydrogens (tertiary/aromatic N) is 1. The molecule has 6 nitrogen and oxygen atoms in total. The van der Waals surface area contributed by atoms with E-state index in [1.807, 2.05) is 13.8 Å². The first-order valence-electron chi connectivity index (χ1n) is 7.87. The normalized spacial score (nSPS) is 10.5. The lowest BCUT2D eigenvalue weighted by Gasteiger charge is -2.14. The van der Waals surface area contributed by atoms with Gasteiger partial charge in [-0.1, -0.05) is 25.4 Å². The fourth-order valence-electron chi connectivity index (χ4n) is 2.22. The number of carbonyl (C=O) groups excluding carboxylic acids is 1. The summed E-state index contributed by atoms with van der Waals surface area (Å²) < 4.78 is 10.5. The summed E-state index contributed by atoms with van der Waals surface area (Å²) in [5, 5.41) is 6.43. The van der Waals surface area contributed by atoms with Gasteiger partial charge in [-0.05, 0) is 18.1 Å². The van der Waals surface area contributed by atoms with Crippen molar-refractivity contribution >= 4 is 34.7 Å². The predicted octanol–water partition coefficient (Wildman–Crippen LogP) is 4.48. The fraction of sp³-hybridized carbons (Fsp3) is 0.333. The summed E-state index contributed by atoms with van der Waals surface area (Å²) in [7, 11) is 3.11. The Morgan fingerprint density at radius 2 is 1.92 bits per heavy atom. The van der Waals surface area contributed by atoms with Crippen LogP contribution in [0.25, 0.3) is 0 Å². The van der Waals surface area contributed by atoms with Gasteiger partial charge in [-0.15, -0.1) is 0 Å². The number of carbonyl (C=O) groups is 1. The van der Waals surface area contributed by atoms with Crippen LogP contribution in [-0.2, 0) is 4.79 Å². The molecule has 0 aliphatic rings. The van der Waals surface area contributed by atoms with Crippen LogP contribution in [0.4, 0.5) is 17.2 Å². The third-order valence-electron chi connectivity index (χ3n) is 3.38. The first-order valence-corrected chi connectivity index (χ1v) is 8.25. The van der Waals surface area contributed by atoms with Crippen LogP contribution >= 0.6 is 11.6 Å². The highest BCUT2D eigenvalue weighted by atomic mass is 35.5. The number of pyridine rings is 1. The molecule has 2 rings (SSSR count). The molecule has 0 aliphatic heterocycles. The molecule has 0 spiro atoms. The second kappa shape index (κ2) is 8.58. The van der Waals surface area contributed by atoms with Crippen molar-refractivity contribution < 1.29 is 14.3 Å². The third-order valence-corrected chi connectivity index (χ3v) is 3.67. The van der Waals surface area contributed by atoms with E-state index in [1.165, 1.54) is 0 Å². The minimum Gasteiger partial charge on any atom is -0.495 e. The summed E-state index contributed by atoms with van der Waals surface area (Å²) in [6, 6.07) is 6.96. The molecule has 1 heterocycles. The minimum atomic E-state index is -0.0263. The monoisotopic (exact) mass is 363 g/mol. The van der Waals surface area contributed by atoms with Gasteiger partial charge in [-0.3, -0.25) is 4.79 Å². The summed E-state index contributed by atoms with van der Waals surface area (Å²) in [5.74, 6) is 1.98. The topological polar surface area (TPSA) is 72.5 Å². The number of halogens is 1. The second-order valence-corrected chi connectivity index (χ2v) is 6.30. The molecular formula is C18H22ClN3O3. The zero-order valence-electron chi connectivity index (χ0n) is 14.7. The molecule has 1 amide bonds. The zero-order valence-corrected chi connectivity index (χ0v) is 15.5. The van der Waals surface area contributed by atoms with E-state index in [-0.39, 0.29) is 5.91 Å². The Kier molecular flexibility index (Phi) is 6.47. The molecule has 0 atom stereocenters. The second-order valence-electron chi connectivity index (χ2n) is 5.89. The van der Waals surface area contributed by atoms with Gasteiger partial charge in [0.25, 0.3) is 0 Å². The lowest BCUT2D eigenvalue weighted by molar-refractivity contribution is -0.116. The van der Waals surface area contributed by atoms with E-state index in [0.29, 0.717) is 46.1 Å². The molecule has 0 unspecified atom stereocenters. The standard InChI is InChI=1S/C18H22ClN3O3/c1-11(2)7-18(23)21-12-5-6-17(20-10-12)22-14-9-15(24-3)13(19)8-16(14)25-4/h5-6,8-11H,7H2,1-4H3,(H,20,22)(H,21,23). The molecule has 1 aromatic carbocycles. The lowest BCUT2D eigenvalue weighted by Crippen LogP contribution is -2.14. The first-order chi connectivity index (χ1) is 11.9. The Hall–Kier alpha value is -2.47. The number of amides is 1. The average molecular weight is 364 g/mol. The maximum Gasteiger partial charge on any atom is 0.224 e. The van der Waals surface area contributed by atoms with Crippen LogP contribution in [-0.4, -0.2) is 25.1 Å². The van der Waals surface area contributed by atoms with Crippen molar-refractivity contribution in [3.63, 3.8) is 0 Å². The van der Waals surface area contributed by atoms with E-state index >= 15 is 0 Å². The summed E-state index contributed by atoms with van der Waals surface area (Å²) in [5.41, 5.74) is 1.32. The summed E-state index contributed by atoms with van der Waals surface area (Å²) in [4.78, 5) is 16.1. The average Bonchev–Trinajstić information content (AvgIpc) is 2.57. The molecule has 1 aromatic heterocycles. The van der Waals surface area contributed by atoms with E-state index in [0.717, 1.165) is 0 Å². The largest absolute Gasteiger partial charge is 0.495 e. The molecule has 0 bridgehead atoms. The number of ether oxygens (including phenoxy) is 2. The van der Waals surface area contributed by atoms with Crippen LogP contribution in [0.15, 0.2) is 30.5 Å². The van der Waals surface area contributed by atoms with Gasteiger partial charge in [-0.2, -0.15) is 0 Å². The van der Waals surface area contributed by atoms with Crippen molar-refractivity contribution in [3.8, 4) is 11.5 Å². The molecule has 0 radical (unpaired) electrons. The van der Waals surface area contributed by atoms with Crippen molar-refractivity contribution in [2.24, 2.45) is 5.92 Å². The van der Waals surface area contributed by atoms with Gasteiger partial charge in [0.15, 0.2) is 0 Å². The van der Waals surface area contributed by atoms with Gasteiger partial charge in [0.05, 0.1) is 36.8 Å². The van der Waals surface area contributed by atoms with Gasteiger partial charge in [0, 0.05) is 18.6 Å². The quantitative estimate of drug-likeness (QED) is 0.758. The number of aromatic nitrogens is 1. The van der Waals surface area contributed by atoms with Crippen molar-refractivity contribution in [1.29, 1.82) is 0 Å². The Morgan fingerprint density at radius 3 is 2.48 bits per heavy atom. The molecule has 134 valence electrons. The predicted molar refractivity (Wildman–Crippen MR) is 100 cm³/mol. The van der Waals surface area contributed by atoms with E-state index in [2.05, 4.69) is 15.6 Å². The van der Waals surface area contributed by atoms with Gasteiger partial charge < -0.3 is 20.1 Å². The Morgan fingerprint density at radius 1 is 1.20 bits per heavy atom. The number of anilines is 3. The first kappa shape index (κ1) is 18.9. The van der Waals surface area contributed by atoms with Crippen LogP contribution in [0.3, 0.4) is 0 Å². The SMILES string of the molecule is COc1cc(Nc2ccc(NC(=O)CC(C)C)cn2)c(OC)cc1Cl. The smallest absolute Gasteiger partial charge is 0.224 e. The minimum absolute atomic E-state index is 0.0263. The molecule has 2 aromatic rings. The van der Waals surface area contributed by atoms with E-state index in [4.69, 9.17) is 21.1 Å². The number of benzene rings is 1. The lowest BCUT2D eigenvalue weighted by atomic mass is 10.1. The highest BCUT2D eigenvalue weighted by Gasteiger charge is 2.11. The number of rotatable bonds is 7. The molecule has 0 saturated carbocycles. The van der Waals surface area contributed by atoms with E-state index in [9.17, 15) is 4.79 Å². The molecule has 25 heavy (non-hydrogen) atoms. The Balaban J connectivity index is 2.12. The van der Waals surface area contributed by atoms with Crippen LogP contribution in [0, 0.1) is 5.92 Å². The molecule has 0 fully saturated rings. The van der Waals surface area contributed by atoms with Gasteiger partial charge in [-0.25, -0.2) is 4.98 Å². The molecule has 0 saturated heterocycles. The maximum atomic E-state index is 11.8. The van der Waals surface area contributed by atoms with Crippen molar-refractivity contribution in [2.75, 3.05) is 24.9 Å². The number of hydrogen-bond acceptors (Lipinski definition) is 5. The number of hydrogen-bond donors (Lipinski definition) is 2. The summed E-state index contributed by atoms with van der Waals surface area (Å²) in [6.07, 6.45) is 2.07. The van der Waals surface area contributed by atoms with E-state index < -0.39 is 0 Å². The summed E-state index contributed by atoms with van der Waals surface area (Å²) >= 11 is 6.10. The van der Waals surface area contributed by atoms with Gasteiger partial charge >= 0.3 is 0 Å². The van der Waals surface area contributed by atoms with Crippen LogP contribution in [0.1, 0.15) is 20.3 Å². The Bertz CT molecular complexity index is 733. The molecule has 7 heteroatoms. The molecule has 0 aliphatic carbocycles. The number of nitrogens with one attached hydrogen (secondary N) is 2. The highest BCUT2D eigenvalue weighted by molar-refractivity contribution is 6.32. The Labute approximate surface area is 152 Å². The van der Waals surface area contributed by atoms with Crippen LogP contribution < -0.4 is 20.1 Å². The third kappa shape index (κ3) is 5.26. The summed E-state index contributed by atoms with van der Waals surface area (Å²) in [6.45, 7) is 4.00.